The van der Waals surface area contributed by atoms with Crippen molar-refractivity contribution in [1.82, 2.24) is 0 Å². The third kappa shape index (κ3) is 3.40. The Morgan fingerprint density at radius 1 is 1.09 bits per heavy atom. The lowest BCUT2D eigenvalue weighted by Gasteiger charge is -2.60. The number of thioether (sulfide) groups is 1. The number of fused-ring (bicyclic) bond motifs is 5. The number of aliphatic hydroxyl groups is 2. The molecule has 0 radical (unpaired) electrons. The van der Waals surface area contributed by atoms with Gasteiger partial charge in [-0.25, -0.2) is 0 Å². The predicted octanol–water partition coefficient (Wildman–Crippen LogP) is 4.86. The fourth-order valence-corrected chi connectivity index (χ4v) is 9.99. The van der Waals surface area contributed by atoms with E-state index in [-0.39, 0.29) is 28.8 Å². The first-order valence-corrected chi connectivity index (χ1v) is 14.0. The van der Waals surface area contributed by atoms with Gasteiger partial charge in [-0.15, -0.1) is 0 Å². The summed E-state index contributed by atoms with van der Waals surface area (Å²) in [5.74, 6) is 1.33. The number of Topliss-reactive ketones (excluding diaryl/α,β-unsaturated/α-hetero) is 1. The third-order valence-corrected chi connectivity index (χ3v) is 11.9. The lowest BCUT2D eigenvalue weighted by atomic mass is 9.45. The molecule has 5 aliphatic carbocycles. The Morgan fingerprint density at radius 2 is 1.84 bits per heavy atom. The van der Waals surface area contributed by atoms with Crippen LogP contribution in [-0.2, 0) is 9.59 Å². The van der Waals surface area contributed by atoms with Crippen molar-refractivity contribution < 1.29 is 19.8 Å². The molecule has 0 heterocycles. The summed E-state index contributed by atoms with van der Waals surface area (Å²) in [7, 11) is 0. The van der Waals surface area contributed by atoms with E-state index < -0.39 is 17.1 Å². The molecule has 0 aromatic heterocycles. The Hall–Kier alpha value is -0.650. The molecule has 4 fully saturated rings. The van der Waals surface area contributed by atoms with E-state index in [0.29, 0.717) is 36.2 Å². The Bertz CT molecular complexity index is 816. The van der Waals surface area contributed by atoms with Gasteiger partial charge in [0.1, 0.15) is 5.60 Å². The van der Waals surface area contributed by atoms with Crippen LogP contribution in [0, 0.1) is 28.6 Å². The average Bonchev–Trinajstić information content (AvgIpc) is 3.04. The number of ketones is 2. The van der Waals surface area contributed by atoms with Gasteiger partial charge in [0.25, 0.3) is 0 Å². The Balaban J connectivity index is 1.37. The molecule has 5 rings (SSSR count). The molecule has 0 spiro atoms. The van der Waals surface area contributed by atoms with Crippen LogP contribution >= 0.6 is 11.8 Å². The van der Waals surface area contributed by atoms with Gasteiger partial charge in [-0.3, -0.25) is 9.59 Å². The maximum absolute atomic E-state index is 13.5. The summed E-state index contributed by atoms with van der Waals surface area (Å²) in [6.07, 6.45) is 12.7. The minimum atomic E-state index is -1.31. The van der Waals surface area contributed by atoms with E-state index in [1.807, 2.05) is 6.08 Å². The van der Waals surface area contributed by atoms with Gasteiger partial charge in [-0.1, -0.05) is 38.7 Å². The summed E-state index contributed by atoms with van der Waals surface area (Å²) in [6, 6.07) is 0. The maximum Gasteiger partial charge on any atom is 0.174 e. The van der Waals surface area contributed by atoms with Crippen molar-refractivity contribution in [2.45, 2.75) is 108 Å². The lowest BCUT2D eigenvalue weighted by molar-refractivity contribution is -0.178. The van der Waals surface area contributed by atoms with E-state index in [0.717, 1.165) is 25.7 Å². The van der Waals surface area contributed by atoms with E-state index in [4.69, 9.17) is 0 Å². The molecular formula is C27H40O4S. The second-order valence-corrected chi connectivity index (χ2v) is 13.3. The van der Waals surface area contributed by atoms with E-state index in [2.05, 4.69) is 13.8 Å². The van der Waals surface area contributed by atoms with Gasteiger partial charge in [0.2, 0.25) is 0 Å². The van der Waals surface area contributed by atoms with Crippen LogP contribution < -0.4 is 0 Å². The van der Waals surface area contributed by atoms with E-state index in [1.165, 1.54) is 37.7 Å². The highest BCUT2D eigenvalue weighted by Crippen LogP contribution is 2.67. The molecule has 2 N–H and O–H groups in total. The molecule has 5 heteroatoms. The topological polar surface area (TPSA) is 74.6 Å². The highest BCUT2D eigenvalue weighted by Gasteiger charge is 2.68. The molecule has 4 nitrogen and oxygen atoms in total. The van der Waals surface area contributed by atoms with Gasteiger partial charge in [0.15, 0.2) is 11.6 Å². The molecule has 0 aliphatic heterocycles. The first-order chi connectivity index (χ1) is 15.2. The lowest BCUT2D eigenvalue weighted by Crippen LogP contribution is -2.62. The predicted molar refractivity (Wildman–Crippen MR) is 127 cm³/mol. The van der Waals surface area contributed by atoms with Crippen LogP contribution in [0.15, 0.2) is 11.6 Å². The van der Waals surface area contributed by atoms with Crippen molar-refractivity contribution in [2.75, 3.05) is 5.75 Å². The summed E-state index contributed by atoms with van der Waals surface area (Å²) >= 11 is 1.76. The van der Waals surface area contributed by atoms with E-state index in [1.54, 1.807) is 11.8 Å². The van der Waals surface area contributed by atoms with Crippen molar-refractivity contribution in [3.05, 3.63) is 11.6 Å². The summed E-state index contributed by atoms with van der Waals surface area (Å²) in [6.45, 7) is 4.34. The summed E-state index contributed by atoms with van der Waals surface area (Å²) in [5, 5.41) is 23.9. The highest BCUT2D eigenvalue weighted by atomic mass is 32.2. The van der Waals surface area contributed by atoms with Crippen LogP contribution in [-0.4, -0.2) is 44.5 Å². The first kappa shape index (κ1) is 23.1. The van der Waals surface area contributed by atoms with Crippen molar-refractivity contribution in [3.8, 4) is 0 Å². The number of hydrogen-bond acceptors (Lipinski definition) is 5. The number of carbonyl (C=O) groups is 2. The molecule has 0 aromatic carbocycles. The fourth-order valence-electron chi connectivity index (χ4n) is 8.69. The van der Waals surface area contributed by atoms with Crippen LogP contribution in [0.25, 0.3) is 0 Å². The molecule has 7 atom stereocenters. The molecule has 0 aromatic rings. The number of hydrogen-bond donors (Lipinski definition) is 2. The Labute approximate surface area is 197 Å². The first-order valence-electron chi connectivity index (χ1n) is 13.0. The van der Waals surface area contributed by atoms with Crippen LogP contribution in [0.4, 0.5) is 0 Å². The fraction of sp³-hybridized carbons (Fsp3) is 0.852. The molecule has 5 aliphatic rings. The smallest absolute Gasteiger partial charge is 0.174 e. The normalized spacial score (nSPS) is 46.8. The van der Waals surface area contributed by atoms with Crippen molar-refractivity contribution >= 4 is 23.3 Å². The summed E-state index contributed by atoms with van der Waals surface area (Å²) in [4.78, 5) is 25.5. The minimum absolute atomic E-state index is 0.00501. The zero-order chi connectivity index (χ0) is 22.7. The third-order valence-electron chi connectivity index (χ3n) is 10.5. The zero-order valence-electron chi connectivity index (χ0n) is 19.8. The van der Waals surface area contributed by atoms with Gasteiger partial charge < -0.3 is 10.2 Å². The molecule has 32 heavy (non-hydrogen) atoms. The molecular weight excluding hydrogens is 420 g/mol. The zero-order valence-corrected chi connectivity index (χ0v) is 20.6. The van der Waals surface area contributed by atoms with Crippen molar-refractivity contribution in [3.63, 3.8) is 0 Å². The number of carbonyl (C=O) groups excluding carboxylic acids is 2. The largest absolute Gasteiger partial charge is 0.393 e. The van der Waals surface area contributed by atoms with Gasteiger partial charge in [-0.05, 0) is 80.6 Å². The molecule has 178 valence electrons. The SMILES string of the molecule is CC12CCC(=O)C=C1CCC1C2[C@@H](O)CC2(C)C1CC[C@]2(O)C(=O)CSC1CCCCC1. The quantitative estimate of drug-likeness (QED) is 0.627. The van der Waals surface area contributed by atoms with Crippen LogP contribution in [0.2, 0.25) is 0 Å². The summed E-state index contributed by atoms with van der Waals surface area (Å²) < 4.78 is 0. The van der Waals surface area contributed by atoms with Crippen LogP contribution in [0.5, 0.6) is 0 Å². The highest BCUT2D eigenvalue weighted by molar-refractivity contribution is 8.00. The Morgan fingerprint density at radius 3 is 2.59 bits per heavy atom. The number of allylic oxidation sites excluding steroid dienone is 1. The number of rotatable bonds is 4. The minimum Gasteiger partial charge on any atom is -0.393 e. The second kappa shape index (κ2) is 8.23. The van der Waals surface area contributed by atoms with Crippen molar-refractivity contribution in [1.29, 1.82) is 0 Å². The Kier molecular flexibility index (Phi) is 5.95. The molecule has 4 saturated carbocycles. The molecule has 0 amide bonds. The standard InChI is InChI=1S/C27H40O4S/c1-25-12-10-18(28)14-17(25)8-9-20-21-11-13-27(31,26(21,2)15-22(29)24(20)25)23(30)16-32-19-6-4-3-5-7-19/h14,19-22,24,29,31H,3-13,15-16H2,1-2H3/t20?,21?,22-,24?,25?,26?,27-/m0/s1. The van der Waals surface area contributed by atoms with Gasteiger partial charge in [0, 0.05) is 17.1 Å². The van der Waals surface area contributed by atoms with Crippen LogP contribution in [0.3, 0.4) is 0 Å². The van der Waals surface area contributed by atoms with Gasteiger partial charge in [-0.2, -0.15) is 11.8 Å². The maximum atomic E-state index is 13.5. The van der Waals surface area contributed by atoms with Crippen LogP contribution in [0.1, 0.15) is 90.9 Å². The molecule has 0 saturated heterocycles. The van der Waals surface area contributed by atoms with Crippen molar-refractivity contribution in [2.24, 2.45) is 28.6 Å². The average molecular weight is 461 g/mol. The number of aliphatic hydroxyl groups excluding tert-OH is 1. The molecule has 5 unspecified atom stereocenters. The van der Waals surface area contributed by atoms with E-state index in [9.17, 15) is 19.8 Å². The monoisotopic (exact) mass is 460 g/mol. The van der Waals surface area contributed by atoms with Gasteiger partial charge in [0.05, 0.1) is 11.9 Å². The van der Waals surface area contributed by atoms with Gasteiger partial charge >= 0.3 is 0 Å². The molecule has 0 bridgehead atoms. The van der Waals surface area contributed by atoms with E-state index >= 15 is 0 Å². The summed E-state index contributed by atoms with van der Waals surface area (Å²) in [5.41, 5.74) is -0.769. The second-order valence-electron chi connectivity index (χ2n) is 12.0.